The van der Waals surface area contributed by atoms with Crippen LogP contribution in [0.4, 0.5) is 0 Å². The number of thioether (sulfide) groups is 1. The fraction of sp³-hybridized carbons (Fsp3) is 1.00. The Morgan fingerprint density at radius 2 is 2.00 bits per heavy atom. The molecular weight excluding hydrogens is 282 g/mol. The van der Waals surface area contributed by atoms with Crippen molar-refractivity contribution in [3.8, 4) is 0 Å². The summed E-state index contributed by atoms with van der Waals surface area (Å²) in [5.74, 6) is 1.99. The van der Waals surface area contributed by atoms with Gasteiger partial charge in [-0.3, -0.25) is 0 Å². The number of hydrogen-bond acceptors (Lipinski definition) is 4. The monoisotopic (exact) mass is 315 g/mol. The van der Waals surface area contributed by atoms with Crippen molar-refractivity contribution in [2.75, 3.05) is 32.1 Å². The van der Waals surface area contributed by atoms with Gasteiger partial charge in [-0.1, -0.05) is 20.8 Å². The predicted molar refractivity (Wildman–Crippen MR) is 91.1 cm³/mol. The average Bonchev–Trinajstić information content (AvgIpc) is 2.52. The van der Waals surface area contributed by atoms with E-state index in [0.717, 1.165) is 50.4 Å². The Labute approximate surface area is 134 Å². The molecule has 21 heavy (non-hydrogen) atoms. The van der Waals surface area contributed by atoms with Gasteiger partial charge in [0.2, 0.25) is 0 Å². The first-order valence-corrected chi connectivity index (χ1v) is 9.80. The highest BCUT2D eigenvalue weighted by Crippen LogP contribution is 2.39. The van der Waals surface area contributed by atoms with Gasteiger partial charge >= 0.3 is 0 Å². The van der Waals surface area contributed by atoms with E-state index < -0.39 is 0 Å². The van der Waals surface area contributed by atoms with E-state index in [2.05, 4.69) is 37.8 Å². The summed E-state index contributed by atoms with van der Waals surface area (Å²) in [4.78, 5) is 0. The largest absolute Gasteiger partial charge is 0.381 e. The minimum atomic E-state index is 0.121. The maximum Gasteiger partial charge on any atom is 0.0729 e. The minimum absolute atomic E-state index is 0.121. The normalized spacial score (nSPS) is 28.4. The van der Waals surface area contributed by atoms with E-state index in [1.165, 1.54) is 25.0 Å². The van der Waals surface area contributed by atoms with Crippen LogP contribution >= 0.6 is 11.8 Å². The summed E-state index contributed by atoms with van der Waals surface area (Å²) in [5, 5.41) is 4.51. The smallest absolute Gasteiger partial charge is 0.0729 e. The highest BCUT2D eigenvalue weighted by molar-refractivity contribution is 7.99. The Hall–Kier alpha value is 0.230. The molecule has 2 rings (SSSR count). The van der Waals surface area contributed by atoms with Gasteiger partial charge in [-0.2, -0.15) is 11.8 Å². The second-order valence-corrected chi connectivity index (χ2v) is 8.08. The van der Waals surface area contributed by atoms with E-state index in [1.807, 2.05) is 0 Å². The summed E-state index contributed by atoms with van der Waals surface area (Å²) in [7, 11) is 0. The second-order valence-electron chi connectivity index (χ2n) is 6.61. The SMILES string of the molecule is CCNC(CSC(C)CC)C1CCOC2(CCOCC2)C1. The lowest BCUT2D eigenvalue weighted by atomic mass is 9.78. The number of rotatable bonds is 7. The van der Waals surface area contributed by atoms with Gasteiger partial charge < -0.3 is 14.8 Å². The Kier molecular flexibility index (Phi) is 7.33. The zero-order chi connectivity index (χ0) is 15.1. The third-order valence-corrected chi connectivity index (χ3v) is 6.56. The van der Waals surface area contributed by atoms with Gasteiger partial charge in [0.05, 0.1) is 5.60 Å². The van der Waals surface area contributed by atoms with Crippen LogP contribution in [0.15, 0.2) is 0 Å². The first kappa shape index (κ1) is 17.6. The van der Waals surface area contributed by atoms with Crippen LogP contribution in [0.3, 0.4) is 0 Å². The molecule has 1 N–H and O–H groups in total. The first-order valence-electron chi connectivity index (χ1n) is 8.76. The molecule has 1 spiro atoms. The van der Waals surface area contributed by atoms with Crippen LogP contribution in [0.1, 0.15) is 52.9 Å². The zero-order valence-corrected chi connectivity index (χ0v) is 14.8. The fourth-order valence-electron chi connectivity index (χ4n) is 3.51. The van der Waals surface area contributed by atoms with E-state index in [9.17, 15) is 0 Å². The molecule has 0 bridgehead atoms. The summed E-state index contributed by atoms with van der Waals surface area (Å²) >= 11 is 2.13. The quantitative estimate of drug-likeness (QED) is 0.779. The van der Waals surface area contributed by atoms with Crippen LogP contribution in [0.5, 0.6) is 0 Å². The van der Waals surface area contributed by atoms with Gasteiger partial charge in [-0.25, -0.2) is 0 Å². The standard InChI is InChI=1S/C17H33NO2S/c1-4-14(3)21-13-16(18-5-2)15-6-9-20-17(12-15)7-10-19-11-8-17/h14-16,18H,4-13H2,1-3H3. The Bertz CT molecular complexity index is 289. The maximum atomic E-state index is 6.20. The minimum Gasteiger partial charge on any atom is -0.381 e. The highest BCUT2D eigenvalue weighted by atomic mass is 32.2. The third kappa shape index (κ3) is 5.12. The molecule has 0 aromatic rings. The van der Waals surface area contributed by atoms with Crippen molar-refractivity contribution < 1.29 is 9.47 Å². The van der Waals surface area contributed by atoms with Gasteiger partial charge in [0, 0.05) is 36.9 Å². The lowest BCUT2D eigenvalue weighted by molar-refractivity contribution is -0.149. The van der Waals surface area contributed by atoms with Crippen molar-refractivity contribution in [3.63, 3.8) is 0 Å². The summed E-state index contributed by atoms with van der Waals surface area (Å²) in [5.41, 5.74) is 0.121. The van der Waals surface area contributed by atoms with Crippen LogP contribution in [0.2, 0.25) is 0 Å². The molecule has 0 amide bonds. The molecule has 0 saturated carbocycles. The number of ether oxygens (including phenoxy) is 2. The van der Waals surface area contributed by atoms with Gasteiger partial charge in [0.15, 0.2) is 0 Å². The fourth-order valence-corrected chi connectivity index (χ4v) is 4.67. The van der Waals surface area contributed by atoms with Crippen molar-refractivity contribution in [2.45, 2.75) is 69.8 Å². The summed E-state index contributed by atoms with van der Waals surface area (Å²) in [6, 6.07) is 0.637. The van der Waals surface area contributed by atoms with E-state index in [4.69, 9.17) is 9.47 Å². The molecule has 0 aliphatic carbocycles. The van der Waals surface area contributed by atoms with Crippen molar-refractivity contribution in [1.29, 1.82) is 0 Å². The number of nitrogens with one attached hydrogen (secondary N) is 1. The highest BCUT2D eigenvalue weighted by Gasteiger charge is 2.41. The molecule has 0 radical (unpaired) electrons. The van der Waals surface area contributed by atoms with Gasteiger partial charge in [-0.05, 0) is 44.6 Å². The molecular formula is C17H33NO2S. The maximum absolute atomic E-state index is 6.20. The Balaban J connectivity index is 1.91. The van der Waals surface area contributed by atoms with Crippen molar-refractivity contribution in [2.24, 2.45) is 5.92 Å². The first-order chi connectivity index (χ1) is 10.2. The molecule has 3 nitrogen and oxygen atoms in total. The molecule has 0 aromatic heterocycles. The molecule has 2 aliphatic heterocycles. The summed E-state index contributed by atoms with van der Waals surface area (Å²) in [6.45, 7) is 10.6. The molecule has 2 aliphatic rings. The second kappa shape index (κ2) is 8.76. The van der Waals surface area contributed by atoms with Crippen molar-refractivity contribution in [1.82, 2.24) is 5.32 Å². The van der Waals surface area contributed by atoms with Crippen LogP contribution in [0, 0.1) is 5.92 Å². The van der Waals surface area contributed by atoms with E-state index >= 15 is 0 Å². The van der Waals surface area contributed by atoms with Crippen LogP contribution in [-0.2, 0) is 9.47 Å². The van der Waals surface area contributed by atoms with Crippen molar-refractivity contribution >= 4 is 11.8 Å². The van der Waals surface area contributed by atoms with E-state index in [0.29, 0.717) is 6.04 Å². The Morgan fingerprint density at radius 3 is 2.67 bits per heavy atom. The molecule has 2 saturated heterocycles. The molecule has 2 heterocycles. The molecule has 4 heteroatoms. The van der Waals surface area contributed by atoms with Crippen LogP contribution in [-0.4, -0.2) is 49.0 Å². The van der Waals surface area contributed by atoms with Crippen LogP contribution in [0.25, 0.3) is 0 Å². The lowest BCUT2D eigenvalue weighted by Gasteiger charge is -2.45. The molecule has 3 unspecified atom stereocenters. The van der Waals surface area contributed by atoms with Gasteiger partial charge in [0.1, 0.15) is 0 Å². The molecule has 0 aromatic carbocycles. The summed E-state index contributed by atoms with van der Waals surface area (Å²) in [6.07, 6.45) is 5.86. The zero-order valence-electron chi connectivity index (χ0n) is 14.0. The molecule has 3 atom stereocenters. The van der Waals surface area contributed by atoms with Gasteiger partial charge in [0.25, 0.3) is 0 Å². The topological polar surface area (TPSA) is 30.5 Å². The third-order valence-electron chi connectivity index (χ3n) is 5.11. The van der Waals surface area contributed by atoms with Crippen molar-refractivity contribution in [3.05, 3.63) is 0 Å². The average molecular weight is 316 g/mol. The van der Waals surface area contributed by atoms with E-state index in [1.54, 1.807) is 0 Å². The van der Waals surface area contributed by atoms with Gasteiger partial charge in [-0.15, -0.1) is 0 Å². The van der Waals surface area contributed by atoms with Crippen LogP contribution < -0.4 is 5.32 Å². The lowest BCUT2D eigenvalue weighted by Crippen LogP contribution is -2.50. The summed E-state index contributed by atoms with van der Waals surface area (Å²) < 4.78 is 11.7. The van der Waals surface area contributed by atoms with E-state index in [-0.39, 0.29) is 5.60 Å². The molecule has 2 fully saturated rings. The molecule has 124 valence electrons. The number of hydrogen-bond donors (Lipinski definition) is 1. The predicted octanol–water partition coefficient (Wildman–Crippen LogP) is 3.47. The Morgan fingerprint density at radius 1 is 1.24 bits per heavy atom.